The third-order valence-electron chi connectivity index (χ3n) is 4.61. The van der Waals surface area contributed by atoms with E-state index < -0.39 is 5.82 Å². The fourth-order valence-electron chi connectivity index (χ4n) is 2.99. The molecule has 0 atom stereocenters. The third-order valence-corrected chi connectivity index (χ3v) is 4.61. The molecular weight excluding hydrogens is 345 g/mol. The molecule has 0 unspecified atom stereocenters. The molecule has 1 N–H and O–H groups in total. The minimum atomic E-state index is -0.408. The first-order valence-corrected chi connectivity index (χ1v) is 8.67. The maximum atomic E-state index is 13.3. The highest BCUT2D eigenvalue weighted by Crippen LogP contribution is 2.27. The highest BCUT2D eigenvalue weighted by atomic mass is 35.5. The number of halogens is 2. The van der Waals surface area contributed by atoms with Crippen LogP contribution in [0.2, 0.25) is 0 Å². The van der Waals surface area contributed by atoms with E-state index in [2.05, 4.69) is 5.32 Å². The van der Waals surface area contributed by atoms with Crippen molar-refractivity contribution < 1.29 is 14.0 Å². The molecule has 138 valence electrons. The Labute approximate surface area is 154 Å². The number of nitrogens with zero attached hydrogens (tertiary/aromatic N) is 2. The summed E-state index contributed by atoms with van der Waals surface area (Å²) in [6.07, 6.45) is 3.28. The van der Waals surface area contributed by atoms with E-state index in [4.69, 9.17) is 0 Å². The fraction of sp³-hybridized carbons (Fsp3) is 0.556. The minimum absolute atomic E-state index is 0. The van der Waals surface area contributed by atoms with Crippen LogP contribution in [0.15, 0.2) is 24.3 Å². The number of benzene rings is 1. The van der Waals surface area contributed by atoms with Crippen molar-refractivity contribution in [3.05, 3.63) is 35.6 Å². The second-order valence-electron chi connectivity index (χ2n) is 6.61. The molecule has 2 amide bonds. The van der Waals surface area contributed by atoms with Crippen LogP contribution in [-0.2, 0) is 4.79 Å². The van der Waals surface area contributed by atoms with Crippen molar-refractivity contribution in [2.24, 2.45) is 5.92 Å². The molecule has 1 saturated carbocycles. The monoisotopic (exact) mass is 369 g/mol. The molecule has 25 heavy (non-hydrogen) atoms. The van der Waals surface area contributed by atoms with Crippen LogP contribution in [0.5, 0.6) is 0 Å². The average molecular weight is 370 g/mol. The molecule has 0 aromatic heterocycles. The number of carbonyl (C=O) groups excluding carboxylic acids is 2. The van der Waals surface area contributed by atoms with Gasteiger partial charge in [0.25, 0.3) is 5.91 Å². The number of nitrogens with one attached hydrogen (secondary N) is 1. The highest BCUT2D eigenvalue weighted by Gasteiger charge is 2.24. The van der Waals surface area contributed by atoms with Crippen LogP contribution >= 0.6 is 12.4 Å². The molecule has 1 aliphatic carbocycles. The van der Waals surface area contributed by atoms with Crippen LogP contribution in [0.3, 0.4) is 0 Å². The third kappa shape index (κ3) is 5.68. The van der Waals surface area contributed by atoms with Gasteiger partial charge in [0.2, 0.25) is 5.91 Å². The molecule has 2 fully saturated rings. The van der Waals surface area contributed by atoms with Crippen molar-refractivity contribution in [1.82, 2.24) is 15.1 Å². The molecule has 1 aromatic rings. The molecule has 5 nitrogen and oxygen atoms in total. The number of carbonyl (C=O) groups is 2. The van der Waals surface area contributed by atoms with E-state index in [1.165, 1.54) is 25.0 Å². The summed E-state index contributed by atoms with van der Waals surface area (Å²) in [7, 11) is 0. The van der Waals surface area contributed by atoms with Gasteiger partial charge >= 0.3 is 0 Å². The quantitative estimate of drug-likeness (QED) is 0.862. The zero-order valence-electron chi connectivity index (χ0n) is 14.2. The Bertz CT molecular complexity index is 610. The lowest BCUT2D eigenvalue weighted by Gasteiger charge is -2.22. The summed E-state index contributed by atoms with van der Waals surface area (Å²) in [6.45, 7) is 3.57. The van der Waals surface area contributed by atoms with E-state index in [1.54, 1.807) is 17.0 Å². The molecule has 0 spiro atoms. The smallest absolute Gasteiger partial charge is 0.254 e. The van der Waals surface area contributed by atoms with Gasteiger partial charge in [-0.2, -0.15) is 0 Å². The predicted molar refractivity (Wildman–Crippen MR) is 96.3 cm³/mol. The van der Waals surface area contributed by atoms with Crippen LogP contribution < -0.4 is 5.32 Å². The van der Waals surface area contributed by atoms with Gasteiger partial charge in [0.05, 0.1) is 6.54 Å². The zero-order chi connectivity index (χ0) is 16.9. The fourth-order valence-corrected chi connectivity index (χ4v) is 2.99. The summed E-state index contributed by atoms with van der Waals surface area (Å²) < 4.78 is 13.3. The van der Waals surface area contributed by atoms with Gasteiger partial charge in [-0.1, -0.05) is 6.07 Å². The van der Waals surface area contributed by atoms with Gasteiger partial charge in [0, 0.05) is 31.7 Å². The first kappa shape index (κ1) is 19.7. The molecular formula is C18H25ClFN3O2. The number of hydrogen-bond donors (Lipinski definition) is 1. The lowest BCUT2D eigenvalue weighted by Crippen LogP contribution is -2.41. The molecule has 1 saturated heterocycles. The molecule has 0 radical (unpaired) electrons. The van der Waals surface area contributed by atoms with Crippen LogP contribution in [-0.4, -0.2) is 60.9 Å². The maximum Gasteiger partial charge on any atom is 0.254 e. The summed E-state index contributed by atoms with van der Waals surface area (Å²) in [5.41, 5.74) is 0.362. The number of rotatable bonds is 5. The molecule has 1 aliphatic heterocycles. The Morgan fingerprint density at radius 2 is 1.84 bits per heavy atom. The SMILES string of the molecule is Cl.O=C(CNCC1CC1)N1CCCN(C(=O)c2cccc(F)c2)CC1. The van der Waals surface area contributed by atoms with E-state index >= 15 is 0 Å². The molecule has 7 heteroatoms. The zero-order valence-corrected chi connectivity index (χ0v) is 15.1. The normalized spacial score (nSPS) is 17.6. The topological polar surface area (TPSA) is 52.7 Å². The van der Waals surface area contributed by atoms with Gasteiger partial charge < -0.3 is 15.1 Å². The maximum absolute atomic E-state index is 13.3. The number of amides is 2. The summed E-state index contributed by atoms with van der Waals surface area (Å²) in [4.78, 5) is 28.3. The largest absolute Gasteiger partial charge is 0.340 e. The van der Waals surface area contributed by atoms with Crippen LogP contribution in [0.25, 0.3) is 0 Å². The van der Waals surface area contributed by atoms with Gasteiger partial charge in [0.15, 0.2) is 0 Å². The van der Waals surface area contributed by atoms with Crippen molar-refractivity contribution in [2.75, 3.05) is 39.3 Å². The van der Waals surface area contributed by atoms with E-state index in [0.29, 0.717) is 38.3 Å². The van der Waals surface area contributed by atoms with Crippen molar-refractivity contribution in [2.45, 2.75) is 19.3 Å². The summed E-state index contributed by atoms with van der Waals surface area (Å²) >= 11 is 0. The Morgan fingerprint density at radius 3 is 2.56 bits per heavy atom. The molecule has 1 heterocycles. The molecule has 0 bridgehead atoms. The lowest BCUT2D eigenvalue weighted by molar-refractivity contribution is -0.130. The first-order chi connectivity index (χ1) is 11.6. The van der Waals surface area contributed by atoms with Gasteiger partial charge in [-0.05, 0) is 49.9 Å². The Balaban J connectivity index is 0.00000225. The lowest BCUT2D eigenvalue weighted by atomic mass is 10.2. The van der Waals surface area contributed by atoms with Gasteiger partial charge in [0.1, 0.15) is 5.82 Å². The van der Waals surface area contributed by atoms with Crippen molar-refractivity contribution in [1.29, 1.82) is 0 Å². The first-order valence-electron chi connectivity index (χ1n) is 8.67. The molecule has 2 aliphatic rings. The standard InChI is InChI=1S/C18H24FN3O2.ClH/c19-16-4-1-3-15(11-16)18(24)22-8-2-7-21(9-10-22)17(23)13-20-12-14-5-6-14;/h1,3-4,11,14,20H,2,5-10,12-13H2;1H. The Kier molecular flexibility index (Phi) is 7.20. The van der Waals surface area contributed by atoms with Gasteiger partial charge in [-0.3, -0.25) is 9.59 Å². The van der Waals surface area contributed by atoms with Crippen molar-refractivity contribution >= 4 is 24.2 Å². The van der Waals surface area contributed by atoms with Gasteiger partial charge in [-0.25, -0.2) is 4.39 Å². The number of hydrogen-bond acceptors (Lipinski definition) is 3. The van der Waals surface area contributed by atoms with E-state index in [-0.39, 0.29) is 24.2 Å². The van der Waals surface area contributed by atoms with Crippen molar-refractivity contribution in [3.8, 4) is 0 Å². The second-order valence-corrected chi connectivity index (χ2v) is 6.61. The summed E-state index contributed by atoms with van der Waals surface area (Å²) in [5.74, 6) is 0.266. The predicted octanol–water partition coefficient (Wildman–Crippen LogP) is 1.92. The van der Waals surface area contributed by atoms with E-state index in [1.807, 2.05) is 4.90 Å². The Hall–Kier alpha value is -1.66. The van der Waals surface area contributed by atoms with E-state index in [0.717, 1.165) is 18.9 Å². The molecule has 3 rings (SSSR count). The van der Waals surface area contributed by atoms with Crippen molar-refractivity contribution in [3.63, 3.8) is 0 Å². The minimum Gasteiger partial charge on any atom is -0.340 e. The van der Waals surface area contributed by atoms with Crippen LogP contribution in [0.4, 0.5) is 4.39 Å². The molecule has 1 aromatic carbocycles. The van der Waals surface area contributed by atoms with Crippen LogP contribution in [0.1, 0.15) is 29.6 Å². The van der Waals surface area contributed by atoms with E-state index in [9.17, 15) is 14.0 Å². The Morgan fingerprint density at radius 1 is 1.12 bits per heavy atom. The highest BCUT2D eigenvalue weighted by molar-refractivity contribution is 5.94. The van der Waals surface area contributed by atoms with Crippen LogP contribution in [0, 0.1) is 11.7 Å². The summed E-state index contributed by atoms with van der Waals surface area (Å²) in [5, 5.41) is 3.22. The van der Waals surface area contributed by atoms with Gasteiger partial charge in [-0.15, -0.1) is 12.4 Å². The second kappa shape index (κ2) is 9.15. The summed E-state index contributed by atoms with van der Waals surface area (Å²) in [6, 6.07) is 5.76. The average Bonchev–Trinajstić information content (AvgIpc) is 3.40.